The van der Waals surface area contributed by atoms with Crippen molar-refractivity contribution in [2.75, 3.05) is 13.1 Å². The van der Waals surface area contributed by atoms with Crippen molar-refractivity contribution in [3.05, 3.63) is 0 Å². The standard InChI is InChI=1S/C8H12F2N2/c1-6(2)12-4-7(3-11)8(9,10)5-12/h6-7H,4-5H2,1-2H3. The number of halogens is 2. The summed E-state index contributed by atoms with van der Waals surface area (Å²) in [6, 6.07) is 1.74. The molecular formula is C8H12F2N2. The smallest absolute Gasteiger partial charge is 0.277 e. The number of nitrogens with zero attached hydrogens (tertiary/aromatic N) is 2. The van der Waals surface area contributed by atoms with E-state index in [4.69, 9.17) is 5.26 Å². The average molecular weight is 174 g/mol. The molecule has 1 aliphatic heterocycles. The van der Waals surface area contributed by atoms with E-state index in [0.29, 0.717) is 0 Å². The Morgan fingerprint density at radius 2 is 2.17 bits per heavy atom. The molecule has 2 nitrogen and oxygen atoms in total. The number of hydrogen-bond acceptors (Lipinski definition) is 2. The summed E-state index contributed by atoms with van der Waals surface area (Å²) in [4.78, 5) is 1.63. The molecule has 4 heteroatoms. The predicted octanol–water partition coefficient (Wildman–Crippen LogP) is 1.49. The van der Waals surface area contributed by atoms with Crippen LogP contribution in [-0.2, 0) is 0 Å². The Hall–Kier alpha value is -0.690. The lowest BCUT2D eigenvalue weighted by Crippen LogP contribution is -2.31. The summed E-state index contributed by atoms with van der Waals surface area (Å²) < 4.78 is 25.9. The van der Waals surface area contributed by atoms with Crippen molar-refractivity contribution >= 4 is 0 Å². The van der Waals surface area contributed by atoms with Crippen molar-refractivity contribution in [3.8, 4) is 6.07 Å². The summed E-state index contributed by atoms with van der Waals surface area (Å²) in [5, 5.41) is 8.44. The van der Waals surface area contributed by atoms with E-state index < -0.39 is 11.8 Å². The minimum Gasteiger partial charge on any atom is -0.293 e. The molecule has 1 saturated heterocycles. The van der Waals surface area contributed by atoms with Gasteiger partial charge in [0.1, 0.15) is 5.92 Å². The molecule has 0 amide bonds. The van der Waals surface area contributed by atoms with Crippen LogP contribution in [0.15, 0.2) is 0 Å². The van der Waals surface area contributed by atoms with Crippen LogP contribution in [0, 0.1) is 17.2 Å². The van der Waals surface area contributed by atoms with Crippen LogP contribution >= 0.6 is 0 Å². The topological polar surface area (TPSA) is 27.0 Å². The maximum atomic E-state index is 13.0. The molecule has 0 aliphatic carbocycles. The van der Waals surface area contributed by atoms with Gasteiger partial charge in [-0.25, -0.2) is 8.78 Å². The Kier molecular flexibility index (Phi) is 2.34. The summed E-state index contributed by atoms with van der Waals surface area (Å²) in [5.74, 6) is -3.95. The van der Waals surface area contributed by atoms with Crippen LogP contribution in [0.3, 0.4) is 0 Å². The second kappa shape index (κ2) is 2.98. The lowest BCUT2D eigenvalue weighted by Gasteiger charge is -2.18. The molecule has 1 unspecified atom stereocenters. The second-order valence-corrected chi connectivity index (χ2v) is 3.47. The summed E-state index contributed by atoms with van der Waals surface area (Å²) in [5.41, 5.74) is 0. The summed E-state index contributed by atoms with van der Waals surface area (Å²) >= 11 is 0. The largest absolute Gasteiger partial charge is 0.293 e. The molecule has 0 aromatic carbocycles. The highest BCUT2D eigenvalue weighted by atomic mass is 19.3. The first kappa shape index (κ1) is 9.40. The second-order valence-electron chi connectivity index (χ2n) is 3.47. The van der Waals surface area contributed by atoms with E-state index in [0.717, 1.165) is 0 Å². The molecule has 1 heterocycles. The molecule has 1 fully saturated rings. The third-order valence-electron chi connectivity index (χ3n) is 2.23. The Balaban J connectivity index is 2.68. The van der Waals surface area contributed by atoms with Gasteiger partial charge in [-0.05, 0) is 13.8 Å². The molecule has 0 N–H and O–H groups in total. The summed E-state index contributed by atoms with van der Waals surface area (Å²) in [7, 11) is 0. The minimum atomic E-state index is -2.82. The van der Waals surface area contributed by atoms with E-state index in [2.05, 4.69) is 0 Å². The highest BCUT2D eigenvalue weighted by Crippen LogP contribution is 2.33. The first-order valence-electron chi connectivity index (χ1n) is 3.99. The molecule has 0 bridgehead atoms. The molecule has 12 heavy (non-hydrogen) atoms. The number of hydrogen-bond donors (Lipinski definition) is 0. The van der Waals surface area contributed by atoms with E-state index >= 15 is 0 Å². The molecule has 0 aromatic heterocycles. The highest BCUT2D eigenvalue weighted by molar-refractivity contribution is 5.02. The maximum absolute atomic E-state index is 13.0. The lowest BCUT2D eigenvalue weighted by molar-refractivity contribution is -0.0119. The summed E-state index contributed by atoms with van der Waals surface area (Å²) in [6.45, 7) is 3.63. The minimum absolute atomic E-state index is 0.0919. The molecule has 0 saturated carbocycles. The van der Waals surface area contributed by atoms with Crippen LogP contribution in [0.5, 0.6) is 0 Å². The van der Waals surface area contributed by atoms with Gasteiger partial charge in [-0.3, -0.25) is 4.90 Å². The van der Waals surface area contributed by atoms with Gasteiger partial charge in [-0.1, -0.05) is 0 Å². The van der Waals surface area contributed by atoms with Gasteiger partial charge < -0.3 is 0 Å². The number of alkyl halides is 2. The van der Waals surface area contributed by atoms with E-state index in [1.165, 1.54) is 0 Å². The normalized spacial score (nSPS) is 29.2. The third kappa shape index (κ3) is 1.56. The van der Waals surface area contributed by atoms with Gasteiger partial charge >= 0.3 is 0 Å². The zero-order valence-electron chi connectivity index (χ0n) is 7.22. The van der Waals surface area contributed by atoms with Gasteiger partial charge in [0.25, 0.3) is 5.92 Å². The molecular weight excluding hydrogens is 162 g/mol. The van der Waals surface area contributed by atoms with E-state index in [9.17, 15) is 8.78 Å². The van der Waals surface area contributed by atoms with Gasteiger partial charge in [-0.2, -0.15) is 5.26 Å². The molecule has 68 valence electrons. The van der Waals surface area contributed by atoms with Crippen molar-refractivity contribution in [1.82, 2.24) is 4.90 Å². The third-order valence-corrected chi connectivity index (χ3v) is 2.23. The van der Waals surface area contributed by atoms with Crippen molar-refractivity contribution in [2.24, 2.45) is 5.92 Å². The van der Waals surface area contributed by atoms with Crippen LogP contribution in [0.4, 0.5) is 8.78 Å². The van der Waals surface area contributed by atoms with Gasteiger partial charge in [-0.15, -0.1) is 0 Å². The first-order chi connectivity index (χ1) is 5.47. The Labute approximate surface area is 70.8 Å². The molecule has 0 radical (unpaired) electrons. The van der Waals surface area contributed by atoms with Crippen LogP contribution in [0.2, 0.25) is 0 Å². The van der Waals surface area contributed by atoms with Crippen molar-refractivity contribution < 1.29 is 8.78 Å². The van der Waals surface area contributed by atoms with Gasteiger partial charge in [0.2, 0.25) is 0 Å². The Bertz CT molecular complexity index is 208. The average Bonchev–Trinajstić information content (AvgIpc) is 2.25. The maximum Gasteiger partial charge on any atom is 0.277 e. The fourth-order valence-corrected chi connectivity index (χ4v) is 1.34. The first-order valence-corrected chi connectivity index (χ1v) is 3.99. The van der Waals surface area contributed by atoms with E-state index in [1.54, 1.807) is 11.0 Å². The fraction of sp³-hybridized carbons (Fsp3) is 0.875. The Morgan fingerprint density at radius 1 is 1.58 bits per heavy atom. The van der Waals surface area contributed by atoms with Gasteiger partial charge in [0.05, 0.1) is 12.6 Å². The molecule has 1 atom stereocenters. The molecule has 1 rings (SSSR count). The lowest BCUT2D eigenvalue weighted by atomic mass is 10.1. The van der Waals surface area contributed by atoms with Crippen LogP contribution in [0.1, 0.15) is 13.8 Å². The molecule has 0 spiro atoms. The van der Waals surface area contributed by atoms with Crippen molar-refractivity contribution in [1.29, 1.82) is 5.26 Å². The Morgan fingerprint density at radius 3 is 2.42 bits per heavy atom. The number of rotatable bonds is 1. The predicted molar refractivity (Wildman–Crippen MR) is 40.8 cm³/mol. The van der Waals surface area contributed by atoms with Crippen molar-refractivity contribution in [2.45, 2.75) is 25.8 Å². The van der Waals surface area contributed by atoms with Crippen LogP contribution in [-0.4, -0.2) is 30.0 Å². The van der Waals surface area contributed by atoms with E-state index in [1.807, 2.05) is 13.8 Å². The van der Waals surface area contributed by atoms with Gasteiger partial charge in [0.15, 0.2) is 0 Å². The quantitative estimate of drug-likeness (QED) is 0.602. The van der Waals surface area contributed by atoms with Crippen LogP contribution < -0.4 is 0 Å². The zero-order chi connectivity index (χ0) is 9.35. The van der Waals surface area contributed by atoms with Gasteiger partial charge in [0, 0.05) is 12.6 Å². The molecule has 0 aromatic rings. The van der Waals surface area contributed by atoms with Crippen LogP contribution in [0.25, 0.3) is 0 Å². The van der Waals surface area contributed by atoms with Crippen molar-refractivity contribution in [3.63, 3.8) is 0 Å². The zero-order valence-corrected chi connectivity index (χ0v) is 7.22. The fourth-order valence-electron chi connectivity index (χ4n) is 1.34. The monoisotopic (exact) mass is 174 g/mol. The highest BCUT2D eigenvalue weighted by Gasteiger charge is 2.48. The SMILES string of the molecule is CC(C)N1CC(C#N)C(F)(F)C1. The molecule has 1 aliphatic rings. The number of likely N-dealkylation sites (tertiary alicyclic amines) is 1. The summed E-state index contributed by atoms with van der Waals surface area (Å²) in [6.07, 6.45) is 0. The van der Waals surface area contributed by atoms with E-state index in [-0.39, 0.29) is 19.1 Å². The number of nitriles is 1.